The van der Waals surface area contributed by atoms with Gasteiger partial charge in [0.1, 0.15) is 11.6 Å². The van der Waals surface area contributed by atoms with Gasteiger partial charge in [0.2, 0.25) is 0 Å². The first-order valence-corrected chi connectivity index (χ1v) is 6.76. The standard InChI is InChI=1S/C14H24N4/c1-11-9-14(16-12(2)15-11)18(4)10-13-5-7-17(3)8-6-13/h9,13H,5-8,10H2,1-4H3. The number of anilines is 1. The lowest BCUT2D eigenvalue weighted by Crippen LogP contribution is -2.36. The lowest BCUT2D eigenvalue weighted by molar-refractivity contribution is 0.222. The zero-order chi connectivity index (χ0) is 13.1. The second-order valence-electron chi connectivity index (χ2n) is 5.54. The van der Waals surface area contributed by atoms with E-state index in [0.29, 0.717) is 0 Å². The molecule has 2 rings (SSSR count). The van der Waals surface area contributed by atoms with Gasteiger partial charge in [0.15, 0.2) is 0 Å². The molecule has 2 heterocycles. The summed E-state index contributed by atoms with van der Waals surface area (Å²) in [5.41, 5.74) is 1.05. The van der Waals surface area contributed by atoms with E-state index in [4.69, 9.17) is 0 Å². The van der Waals surface area contributed by atoms with Crippen LogP contribution in [0.3, 0.4) is 0 Å². The van der Waals surface area contributed by atoms with Crippen LogP contribution in [0.25, 0.3) is 0 Å². The highest BCUT2D eigenvalue weighted by atomic mass is 15.2. The lowest BCUT2D eigenvalue weighted by atomic mass is 9.97. The predicted octanol–water partition coefficient (Wildman–Crippen LogP) is 1.87. The molecule has 1 aliphatic heterocycles. The summed E-state index contributed by atoms with van der Waals surface area (Å²) in [6.07, 6.45) is 2.59. The van der Waals surface area contributed by atoms with Gasteiger partial charge in [-0.25, -0.2) is 9.97 Å². The van der Waals surface area contributed by atoms with Gasteiger partial charge in [-0.2, -0.15) is 0 Å². The number of nitrogens with zero attached hydrogens (tertiary/aromatic N) is 4. The van der Waals surface area contributed by atoms with E-state index in [9.17, 15) is 0 Å². The Morgan fingerprint density at radius 1 is 1.28 bits per heavy atom. The third kappa shape index (κ3) is 3.42. The molecular formula is C14H24N4. The highest BCUT2D eigenvalue weighted by Crippen LogP contribution is 2.19. The van der Waals surface area contributed by atoms with Crippen molar-refractivity contribution in [3.05, 3.63) is 17.6 Å². The Morgan fingerprint density at radius 3 is 2.56 bits per heavy atom. The summed E-state index contributed by atoms with van der Waals surface area (Å²) < 4.78 is 0. The normalized spacial score (nSPS) is 18.0. The topological polar surface area (TPSA) is 32.3 Å². The summed E-state index contributed by atoms with van der Waals surface area (Å²) in [4.78, 5) is 13.5. The van der Waals surface area contributed by atoms with Crippen molar-refractivity contribution < 1.29 is 0 Å². The quantitative estimate of drug-likeness (QED) is 0.817. The van der Waals surface area contributed by atoms with Crippen LogP contribution in [0.2, 0.25) is 0 Å². The molecule has 1 aromatic rings. The van der Waals surface area contributed by atoms with E-state index in [1.54, 1.807) is 0 Å². The molecule has 0 radical (unpaired) electrons. The van der Waals surface area contributed by atoms with Crippen LogP contribution in [0.4, 0.5) is 5.82 Å². The van der Waals surface area contributed by atoms with Crippen molar-refractivity contribution in [2.45, 2.75) is 26.7 Å². The number of aromatic nitrogens is 2. The second kappa shape index (κ2) is 5.65. The van der Waals surface area contributed by atoms with Gasteiger partial charge in [-0.05, 0) is 52.7 Å². The van der Waals surface area contributed by atoms with Crippen LogP contribution in [-0.4, -0.2) is 48.6 Å². The summed E-state index contributed by atoms with van der Waals surface area (Å²) in [6.45, 7) is 7.53. The first-order chi connectivity index (χ1) is 8.54. The number of piperidine rings is 1. The maximum Gasteiger partial charge on any atom is 0.132 e. The van der Waals surface area contributed by atoms with Gasteiger partial charge in [-0.15, -0.1) is 0 Å². The fourth-order valence-electron chi connectivity index (χ4n) is 2.62. The molecule has 4 nitrogen and oxygen atoms in total. The van der Waals surface area contributed by atoms with E-state index in [-0.39, 0.29) is 0 Å². The van der Waals surface area contributed by atoms with Gasteiger partial charge in [0.05, 0.1) is 0 Å². The predicted molar refractivity (Wildman–Crippen MR) is 75.0 cm³/mol. The second-order valence-corrected chi connectivity index (χ2v) is 5.54. The Balaban J connectivity index is 1.96. The Morgan fingerprint density at radius 2 is 1.94 bits per heavy atom. The Bertz CT molecular complexity index is 377. The minimum atomic E-state index is 0.793. The molecule has 0 amide bonds. The van der Waals surface area contributed by atoms with Crippen molar-refractivity contribution in [3.8, 4) is 0 Å². The average molecular weight is 248 g/mol. The van der Waals surface area contributed by atoms with Crippen LogP contribution < -0.4 is 4.90 Å². The molecule has 0 N–H and O–H groups in total. The summed E-state index contributed by atoms with van der Waals surface area (Å²) in [7, 11) is 4.34. The van der Waals surface area contributed by atoms with E-state index in [1.165, 1.54) is 25.9 Å². The van der Waals surface area contributed by atoms with Crippen molar-refractivity contribution in [2.24, 2.45) is 5.92 Å². The first kappa shape index (κ1) is 13.3. The van der Waals surface area contributed by atoms with Crippen molar-refractivity contribution in [3.63, 3.8) is 0 Å². The van der Waals surface area contributed by atoms with Crippen LogP contribution >= 0.6 is 0 Å². The Labute approximate surface area is 110 Å². The Kier molecular flexibility index (Phi) is 4.17. The van der Waals surface area contributed by atoms with Crippen LogP contribution in [0.5, 0.6) is 0 Å². The molecule has 4 heteroatoms. The van der Waals surface area contributed by atoms with E-state index in [0.717, 1.165) is 29.8 Å². The van der Waals surface area contributed by atoms with E-state index in [2.05, 4.69) is 39.9 Å². The molecule has 1 fully saturated rings. The fourth-order valence-corrected chi connectivity index (χ4v) is 2.62. The number of hydrogen-bond donors (Lipinski definition) is 0. The Hall–Kier alpha value is -1.16. The third-order valence-corrected chi connectivity index (χ3v) is 3.71. The molecule has 0 unspecified atom stereocenters. The maximum absolute atomic E-state index is 4.52. The average Bonchev–Trinajstić information content (AvgIpc) is 2.31. The monoisotopic (exact) mass is 248 g/mol. The zero-order valence-electron chi connectivity index (χ0n) is 12.0. The summed E-state index contributed by atoms with van der Waals surface area (Å²) in [5, 5.41) is 0. The molecule has 0 atom stereocenters. The van der Waals surface area contributed by atoms with Gasteiger partial charge in [0, 0.05) is 25.4 Å². The third-order valence-electron chi connectivity index (χ3n) is 3.71. The molecule has 100 valence electrons. The minimum Gasteiger partial charge on any atom is -0.359 e. The molecule has 0 bridgehead atoms. The van der Waals surface area contributed by atoms with Crippen molar-refractivity contribution in [1.29, 1.82) is 0 Å². The van der Waals surface area contributed by atoms with Gasteiger partial charge in [-0.3, -0.25) is 0 Å². The number of likely N-dealkylation sites (tertiary alicyclic amines) is 1. The smallest absolute Gasteiger partial charge is 0.132 e. The van der Waals surface area contributed by atoms with Crippen LogP contribution in [-0.2, 0) is 0 Å². The van der Waals surface area contributed by atoms with E-state index >= 15 is 0 Å². The summed E-state index contributed by atoms with van der Waals surface area (Å²) >= 11 is 0. The highest BCUT2D eigenvalue weighted by molar-refractivity contribution is 5.38. The number of aryl methyl sites for hydroxylation is 2. The lowest BCUT2D eigenvalue weighted by Gasteiger charge is -2.32. The van der Waals surface area contributed by atoms with Crippen LogP contribution in [0.15, 0.2) is 6.07 Å². The molecule has 1 aromatic heterocycles. The maximum atomic E-state index is 4.52. The summed E-state index contributed by atoms with van der Waals surface area (Å²) in [5.74, 6) is 2.71. The molecule has 18 heavy (non-hydrogen) atoms. The van der Waals surface area contributed by atoms with Crippen molar-refractivity contribution in [1.82, 2.24) is 14.9 Å². The SMILES string of the molecule is Cc1cc(N(C)CC2CCN(C)CC2)nc(C)n1. The minimum absolute atomic E-state index is 0.793. The fraction of sp³-hybridized carbons (Fsp3) is 0.714. The van der Waals surface area contributed by atoms with Crippen LogP contribution in [0.1, 0.15) is 24.4 Å². The van der Waals surface area contributed by atoms with Crippen molar-refractivity contribution >= 4 is 5.82 Å². The highest BCUT2D eigenvalue weighted by Gasteiger charge is 2.18. The number of hydrogen-bond acceptors (Lipinski definition) is 4. The van der Waals surface area contributed by atoms with Gasteiger partial charge < -0.3 is 9.80 Å². The molecule has 0 saturated carbocycles. The molecule has 0 aromatic carbocycles. The molecule has 0 spiro atoms. The van der Waals surface area contributed by atoms with E-state index < -0.39 is 0 Å². The van der Waals surface area contributed by atoms with E-state index in [1.807, 2.05) is 13.8 Å². The molecular weight excluding hydrogens is 224 g/mol. The van der Waals surface area contributed by atoms with Crippen LogP contribution in [0, 0.1) is 19.8 Å². The largest absolute Gasteiger partial charge is 0.359 e. The zero-order valence-corrected chi connectivity index (χ0v) is 12.0. The van der Waals surface area contributed by atoms with Crippen molar-refractivity contribution in [2.75, 3.05) is 38.6 Å². The van der Waals surface area contributed by atoms with Gasteiger partial charge >= 0.3 is 0 Å². The molecule has 1 saturated heterocycles. The summed E-state index contributed by atoms with van der Waals surface area (Å²) in [6, 6.07) is 2.07. The first-order valence-electron chi connectivity index (χ1n) is 6.76. The molecule has 1 aliphatic rings. The van der Waals surface area contributed by atoms with Gasteiger partial charge in [-0.1, -0.05) is 0 Å². The molecule has 0 aliphatic carbocycles. The number of rotatable bonds is 3. The van der Waals surface area contributed by atoms with Gasteiger partial charge in [0.25, 0.3) is 0 Å².